The number of morpholine rings is 1. The highest BCUT2D eigenvalue weighted by Gasteiger charge is 2.39. The van der Waals surface area contributed by atoms with Crippen LogP contribution >= 0.6 is 0 Å². The quantitative estimate of drug-likeness (QED) is 0.715. The van der Waals surface area contributed by atoms with Crippen LogP contribution in [-0.4, -0.2) is 52.1 Å². The Balaban J connectivity index is 1.45. The third-order valence-electron chi connectivity index (χ3n) is 4.23. The summed E-state index contributed by atoms with van der Waals surface area (Å²) in [6.07, 6.45) is 11.4. The maximum atomic E-state index is 12.4. The van der Waals surface area contributed by atoms with Crippen LogP contribution in [0.25, 0.3) is 0 Å². The lowest BCUT2D eigenvalue weighted by molar-refractivity contribution is -0.139. The van der Waals surface area contributed by atoms with Gasteiger partial charge < -0.3 is 9.64 Å². The molecule has 2 aliphatic rings. The van der Waals surface area contributed by atoms with E-state index in [0.29, 0.717) is 45.5 Å². The van der Waals surface area contributed by atoms with Crippen LogP contribution in [0.5, 0.6) is 0 Å². The van der Waals surface area contributed by atoms with Crippen LogP contribution in [0.1, 0.15) is 25.7 Å². The van der Waals surface area contributed by atoms with E-state index < -0.39 is 0 Å². The van der Waals surface area contributed by atoms with Crippen LogP contribution in [0.4, 0.5) is 0 Å². The minimum Gasteiger partial charge on any atom is -0.373 e. The van der Waals surface area contributed by atoms with Crippen LogP contribution in [0.3, 0.4) is 0 Å². The Morgan fingerprint density at radius 3 is 3.00 bits per heavy atom. The van der Waals surface area contributed by atoms with Crippen molar-refractivity contribution >= 4 is 5.91 Å². The van der Waals surface area contributed by atoms with Crippen LogP contribution in [0.2, 0.25) is 0 Å². The van der Waals surface area contributed by atoms with Gasteiger partial charge in [-0.1, -0.05) is 0 Å². The van der Waals surface area contributed by atoms with Crippen LogP contribution in [0, 0.1) is 12.3 Å². The fraction of sp³-hybridized carbons (Fsp3) is 0.625. The van der Waals surface area contributed by atoms with Gasteiger partial charge in [0.05, 0.1) is 19.3 Å². The number of nitrogens with zero attached hydrogens (tertiary/aromatic N) is 5. The molecule has 7 heteroatoms. The van der Waals surface area contributed by atoms with Gasteiger partial charge in [0.1, 0.15) is 0 Å². The van der Waals surface area contributed by atoms with Crippen molar-refractivity contribution in [2.75, 3.05) is 19.7 Å². The predicted octanol–water partition coefficient (Wildman–Crippen LogP) is 1.47. The highest BCUT2D eigenvalue weighted by Crippen LogP contribution is 2.37. The molecule has 1 atom stereocenters. The van der Waals surface area contributed by atoms with Crippen molar-refractivity contribution in [2.45, 2.75) is 44.0 Å². The molecule has 0 bridgehead atoms. The molecular formula is C16H21N5O2. The summed E-state index contributed by atoms with van der Waals surface area (Å²) in [6.45, 7) is 2.46. The van der Waals surface area contributed by atoms with E-state index in [9.17, 15) is 4.79 Å². The van der Waals surface area contributed by atoms with Crippen LogP contribution in [0.15, 0.2) is 28.7 Å². The lowest BCUT2D eigenvalue weighted by Gasteiger charge is -2.33. The second kappa shape index (κ2) is 6.92. The number of carbonyl (C=O) groups excluding carboxylic acids is 1. The maximum absolute atomic E-state index is 12.4. The second-order valence-corrected chi connectivity index (χ2v) is 5.95. The molecule has 1 saturated heterocycles. The lowest BCUT2D eigenvalue weighted by Crippen LogP contribution is -2.47. The predicted molar refractivity (Wildman–Crippen MR) is 83.4 cm³/mol. The topological polar surface area (TPSA) is 72.1 Å². The molecular weight excluding hydrogens is 294 g/mol. The number of hydrogen-bond donors (Lipinski definition) is 0. The number of rotatable bonds is 7. The zero-order valence-electron chi connectivity index (χ0n) is 13.1. The van der Waals surface area contributed by atoms with Gasteiger partial charge in [-0.3, -0.25) is 9.48 Å². The normalized spacial score (nSPS) is 21.9. The Hall–Kier alpha value is -2.20. The van der Waals surface area contributed by atoms with Crippen LogP contribution in [-0.2, 0) is 16.1 Å². The van der Waals surface area contributed by atoms with E-state index in [1.165, 1.54) is 0 Å². The highest BCUT2D eigenvalue weighted by molar-refractivity contribution is 5.76. The van der Waals surface area contributed by atoms with E-state index in [0.717, 1.165) is 6.42 Å². The van der Waals surface area contributed by atoms with Gasteiger partial charge >= 0.3 is 0 Å². The van der Waals surface area contributed by atoms with E-state index in [1.54, 1.807) is 6.20 Å². The Morgan fingerprint density at radius 1 is 1.43 bits per heavy atom. The summed E-state index contributed by atoms with van der Waals surface area (Å²) in [5.74, 6) is 2.74. The van der Waals surface area contributed by atoms with Crippen LogP contribution < -0.4 is 0 Å². The molecule has 0 saturated carbocycles. The van der Waals surface area contributed by atoms with Crippen molar-refractivity contribution in [3.05, 3.63) is 18.5 Å². The first kappa shape index (κ1) is 15.7. The summed E-state index contributed by atoms with van der Waals surface area (Å²) in [4.78, 5) is 14.3. The number of hydrogen-bond acceptors (Lipinski definition) is 5. The minimum absolute atomic E-state index is 0.0155. The molecule has 7 nitrogen and oxygen atoms in total. The number of ether oxygens (including phenoxy) is 1. The molecule has 2 aliphatic heterocycles. The van der Waals surface area contributed by atoms with E-state index in [1.807, 2.05) is 21.8 Å². The molecule has 3 heterocycles. The largest absolute Gasteiger partial charge is 0.373 e. The molecule has 1 aromatic heterocycles. The average Bonchev–Trinajstić information content (AvgIpc) is 3.17. The standard InChI is InChI=1S/C16H21N5O2/c1-2-3-6-16(18-19-16)7-5-15(22)20-10-11-23-14(12-20)13-21-9-4-8-17-21/h1,4,8-9,14H,3,5-7,10-13H2. The fourth-order valence-corrected chi connectivity index (χ4v) is 2.81. The molecule has 0 N–H and O–H groups in total. The molecule has 0 aliphatic carbocycles. The SMILES string of the molecule is C#CCCC1(CCC(=O)N2CCOC(Cn3cccn3)C2)N=N1. The third kappa shape index (κ3) is 4.17. The molecule has 1 aromatic rings. The monoisotopic (exact) mass is 315 g/mol. The third-order valence-corrected chi connectivity index (χ3v) is 4.23. The van der Waals surface area contributed by atoms with E-state index in [2.05, 4.69) is 21.2 Å². The summed E-state index contributed by atoms with van der Waals surface area (Å²) in [6, 6.07) is 1.88. The number of amides is 1. The van der Waals surface area contributed by atoms with Gasteiger partial charge in [-0.15, -0.1) is 12.3 Å². The van der Waals surface area contributed by atoms with Crippen molar-refractivity contribution in [1.29, 1.82) is 0 Å². The van der Waals surface area contributed by atoms with Crippen molar-refractivity contribution in [3.8, 4) is 12.3 Å². The molecule has 3 rings (SSSR count). The molecule has 0 spiro atoms. The summed E-state index contributed by atoms with van der Waals surface area (Å²) in [7, 11) is 0. The molecule has 1 amide bonds. The highest BCUT2D eigenvalue weighted by atomic mass is 16.5. The maximum Gasteiger partial charge on any atom is 0.222 e. The molecule has 0 radical (unpaired) electrons. The molecule has 1 fully saturated rings. The average molecular weight is 315 g/mol. The molecule has 23 heavy (non-hydrogen) atoms. The van der Waals surface area contributed by atoms with E-state index in [4.69, 9.17) is 11.2 Å². The van der Waals surface area contributed by atoms with Crippen molar-refractivity contribution in [3.63, 3.8) is 0 Å². The number of terminal acetylenes is 1. The van der Waals surface area contributed by atoms with Crippen molar-refractivity contribution < 1.29 is 9.53 Å². The van der Waals surface area contributed by atoms with E-state index >= 15 is 0 Å². The first-order valence-corrected chi connectivity index (χ1v) is 7.95. The number of aromatic nitrogens is 2. The first-order chi connectivity index (χ1) is 11.2. The zero-order chi connectivity index (χ0) is 16.1. The van der Waals surface area contributed by atoms with Crippen molar-refractivity contribution in [2.24, 2.45) is 10.2 Å². The summed E-state index contributed by atoms with van der Waals surface area (Å²) in [5, 5.41) is 12.3. The molecule has 1 unspecified atom stereocenters. The Morgan fingerprint density at radius 2 is 2.30 bits per heavy atom. The minimum atomic E-state index is -0.386. The zero-order valence-corrected chi connectivity index (χ0v) is 13.1. The molecule has 0 aromatic carbocycles. The van der Waals surface area contributed by atoms with Gasteiger partial charge in [0, 0.05) is 51.2 Å². The summed E-state index contributed by atoms with van der Waals surface area (Å²) in [5.41, 5.74) is -0.386. The summed E-state index contributed by atoms with van der Waals surface area (Å²) >= 11 is 0. The van der Waals surface area contributed by atoms with Gasteiger partial charge in [-0.2, -0.15) is 15.3 Å². The Labute approximate surface area is 135 Å². The van der Waals surface area contributed by atoms with Gasteiger partial charge in [0.25, 0.3) is 0 Å². The van der Waals surface area contributed by atoms with Gasteiger partial charge in [-0.25, -0.2) is 0 Å². The lowest BCUT2D eigenvalue weighted by atomic mass is 10.0. The summed E-state index contributed by atoms with van der Waals surface area (Å²) < 4.78 is 7.56. The Kier molecular flexibility index (Phi) is 4.72. The molecule has 122 valence electrons. The number of carbonyl (C=O) groups is 1. The first-order valence-electron chi connectivity index (χ1n) is 7.95. The Bertz CT molecular complexity index is 598. The van der Waals surface area contributed by atoms with Gasteiger partial charge in [-0.05, 0) is 6.07 Å². The van der Waals surface area contributed by atoms with Gasteiger partial charge in [0.15, 0.2) is 5.66 Å². The smallest absolute Gasteiger partial charge is 0.222 e. The van der Waals surface area contributed by atoms with Crippen molar-refractivity contribution in [1.82, 2.24) is 14.7 Å². The fourth-order valence-electron chi connectivity index (χ4n) is 2.81. The van der Waals surface area contributed by atoms with E-state index in [-0.39, 0.29) is 17.7 Å². The van der Waals surface area contributed by atoms with Gasteiger partial charge in [0.2, 0.25) is 5.91 Å². The second-order valence-electron chi connectivity index (χ2n) is 5.95.